The number of rotatable bonds is 3. The monoisotopic (exact) mass is 206 g/mol. The van der Waals surface area contributed by atoms with Crippen LogP contribution >= 0.6 is 0 Å². The first-order valence-corrected chi connectivity index (χ1v) is 5.74. The average molecular weight is 206 g/mol. The maximum atomic E-state index is 5.70. The van der Waals surface area contributed by atoms with E-state index in [0.29, 0.717) is 12.0 Å². The third-order valence-corrected chi connectivity index (χ3v) is 3.64. The first-order valence-electron chi connectivity index (χ1n) is 5.74. The maximum absolute atomic E-state index is 5.70. The molecule has 2 aliphatic carbocycles. The van der Waals surface area contributed by atoms with E-state index in [1.165, 1.54) is 25.7 Å². The minimum absolute atomic E-state index is 0.190. The van der Waals surface area contributed by atoms with Crippen LogP contribution in [0.1, 0.15) is 25.7 Å². The normalized spacial score (nSPS) is 35.2. The van der Waals surface area contributed by atoms with Gasteiger partial charge in [-0.1, -0.05) is 0 Å². The van der Waals surface area contributed by atoms with E-state index in [4.69, 9.17) is 5.73 Å². The SMILES string of the molecule is CN(C1CC1)C1(C2CC2)N=CC(N)=CN1. The topological polar surface area (TPSA) is 53.6 Å². The summed E-state index contributed by atoms with van der Waals surface area (Å²) in [6.45, 7) is 0. The molecule has 0 aromatic carbocycles. The highest BCUT2D eigenvalue weighted by molar-refractivity contribution is 5.78. The number of hydrogen-bond acceptors (Lipinski definition) is 4. The molecule has 1 heterocycles. The Balaban J connectivity index is 1.86. The summed E-state index contributed by atoms with van der Waals surface area (Å²) in [5.74, 6) is 0.466. The van der Waals surface area contributed by atoms with Gasteiger partial charge in [0.2, 0.25) is 0 Å². The molecular formula is C11H18N4. The van der Waals surface area contributed by atoms with E-state index in [1.54, 1.807) is 6.21 Å². The lowest BCUT2D eigenvalue weighted by Gasteiger charge is -2.41. The molecule has 3 N–H and O–H groups in total. The van der Waals surface area contributed by atoms with Gasteiger partial charge in [0.1, 0.15) is 0 Å². The highest BCUT2D eigenvalue weighted by Gasteiger charge is 2.52. The maximum Gasteiger partial charge on any atom is 0.189 e. The molecule has 1 unspecified atom stereocenters. The van der Waals surface area contributed by atoms with Crippen LogP contribution in [0.3, 0.4) is 0 Å². The molecule has 0 spiro atoms. The number of nitrogens with two attached hydrogens (primary N) is 1. The molecule has 0 aromatic rings. The fourth-order valence-corrected chi connectivity index (χ4v) is 2.37. The minimum Gasteiger partial charge on any atom is -0.396 e. The summed E-state index contributed by atoms with van der Waals surface area (Å²) in [7, 11) is 2.18. The summed E-state index contributed by atoms with van der Waals surface area (Å²) in [5, 5.41) is 3.41. The van der Waals surface area contributed by atoms with Crippen LogP contribution in [-0.2, 0) is 0 Å². The molecule has 1 aliphatic heterocycles. The van der Waals surface area contributed by atoms with Crippen LogP contribution in [0.4, 0.5) is 0 Å². The first kappa shape index (κ1) is 9.21. The van der Waals surface area contributed by atoms with Gasteiger partial charge in [0.15, 0.2) is 5.79 Å². The third-order valence-electron chi connectivity index (χ3n) is 3.64. The van der Waals surface area contributed by atoms with Crippen molar-refractivity contribution in [2.75, 3.05) is 7.05 Å². The molecule has 15 heavy (non-hydrogen) atoms. The average Bonchev–Trinajstić information content (AvgIpc) is 3.09. The van der Waals surface area contributed by atoms with Crippen LogP contribution in [0.2, 0.25) is 0 Å². The van der Waals surface area contributed by atoms with E-state index in [0.717, 1.165) is 5.70 Å². The van der Waals surface area contributed by atoms with Crippen molar-refractivity contribution in [3.63, 3.8) is 0 Å². The van der Waals surface area contributed by atoms with Crippen molar-refractivity contribution in [2.24, 2.45) is 16.6 Å². The Morgan fingerprint density at radius 1 is 1.47 bits per heavy atom. The number of hydrogen-bond donors (Lipinski definition) is 2. The van der Waals surface area contributed by atoms with Crippen molar-refractivity contribution in [1.29, 1.82) is 0 Å². The summed E-state index contributed by atoms with van der Waals surface area (Å²) in [6, 6.07) is 0.711. The molecule has 2 saturated carbocycles. The quantitative estimate of drug-likeness (QED) is 0.711. The van der Waals surface area contributed by atoms with Crippen LogP contribution in [0, 0.1) is 5.92 Å². The molecule has 3 rings (SSSR count). The largest absolute Gasteiger partial charge is 0.396 e. The van der Waals surface area contributed by atoms with Gasteiger partial charge < -0.3 is 11.1 Å². The van der Waals surface area contributed by atoms with E-state index in [-0.39, 0.29) is 5.79 Å². The van der Waals surface area contributed by atoms with Gasteiger partial charge in [-0.3, -0.25) is 4.90 Å². The Labute approximate surface area is 90.2 Å². The lowest BCUT2D eigenvalue weighted by molar-refractivity contribution is 0.0713. The lowest BCUT2D eigenvalue weighted by Crippen LogP contribution is -2.58. The van der Waals surface area contributed by atoms with Crippen molar-refractivity contribution >= 4 is 6.21 Å². The van der Waals surface area contributed by atoms with E-state index in [2.05, 4.69) is 22.3 Å². The van der Waals surface area contributed by atoms with Crippen molar-refractivity contribution in [3.05, 3.63) is 11.9 Å². The Kier molecular flexibility index (Phi) is 1.83. The van der Waals surface area contributed by atoms with Crippen LogP contribution < -0.4 is 11.1 Å². The summed E-state index contributed by atoms with van der Waals surface area (Å²) < 4.78 is 0. The predicted octanol–water partition coefficient (Wildman–Crippen LogP) is 0.619. The molecule has 4 heteroatoms. The fraction of sp³-hybridized carbons (Fsp3) is 0.727. The summed E-state index contributed by atoms with van der Waals surface area (Å²) in [5.41, 5.74) is 6.42. The van der Waals surface area contributed by atoms with Gasteiger partial charge in [-0.05, 0) is 32.7 Å². The molecule has 2 fully saturated rings. The molecule has 82 valence electrons. The molecule has 0 bridgehead atoms. The molecule has 3 aliphatic rings. The molecule has 1 atom stereocenters. The van der Waals surface area contributed by atoms with E-state index in [1.807, 2.05) is 6.20 Å². The van der Waals surface area contributed by atoms with Gasteiger partial charge in [0, 0.05) is 24.4 Å². The lowest BCUT2D eigenvalue weighted by atomic mass is 10.1. The van der Waals surface area contributed by atoms with Crippen LogP contribution in [0.15, 0.2) is 16.9 Å². The Bertz CT molecular complexity index is 327. The molecule has 0 saturated heterocycles. The number of nitrogens with one attached hydrogen (secondary N) is 1. The number of aliphatic imine (C=N–C) groups is 1. The van der Waals surface area contributed by atoms with Gasteiger partial charge >= 0.3 is 0 Å². The second-order valence-electron chi connectivity index (χ2n) is 4.89. The second kappa shape index (κ2) is 2.98. The molecule has 0 aromatic heterocycles. The molecule has 0 radical (unpaired) electrons. The minimum atomic E-state index is -0.190. The van der Waals surface area contributed by atoms with Crippen LogP contribution in [-0.4, -0.2) is 30.0 Å². The second-order valence-corrected chi connectivity index (χ2v) is 4.89. The van der Waals surface area contributed by atoms with Crippen LogP contribution in [0.5, 0.6) is 0 Å². The zero-order chi connectivity index (χ0) is 10.5. The van der Waals surface area contributed by atoms with Crippen molar-refractivity contribution in [1.82, 2.24) is 10.2 Å². The van der Waals surface area contributed by atoms with Crippen molar-refractivity contribution < 1.29 is 0 Å². The fourth-order valence-electron chi connectivity index (χ4n) is 2.37. The highest BCUT2D eigenvalue weighted by atomic mass is 15.4. The zero-order valence-electron chi connectivity index (χ0n) is 9.11. The highest BCUT2D eigenvalue weighted by Crippen LogP contribution is 2.46. The number of allylic oxidation sites excluding steroid dienone is 1. The Morgan fingerprint density at radius 2 is 2.20 bits per heavy atom. The van der Waals surface area contributed by atoms with Crippen molar-refractivity contribution in [3.8, 4) is 0 Å². The molecular weight excluding hydrogens is 188 g/mol. The standard InChI is InChI=1S/C11H18N4/c1-15(10-4-5-10)11(8-2-3-8)13-6-9(12)7-14-11/h6-8,10,13H,2-5,12H2,1H3. The van der Waals surface area contributed by atoms with Gasteiger partial charge in [0.05, 0.1) is 5.70 Å². The van der Waals surface area contributed by atoms with Gasteiger partial charge in [-0.25, -0.2) is 4.99 Å². The van der Waals surface area contributed by atoms with Gasteiger partial charge in [0.25, 0.3) is 0 Å². The Morgan fingerprint density at radius 3 is 2.67 bits per heavy atom. The molecule has 4 nitrogen and oxygen atoms in total. The summed E-state index contributed by atoms with van der Waals surface area (Å²) in [4.78, 5) is 7.05. The zero-order valence-corrected chi connectivity index (χ0v) is 9.11. The summed E-state index contributed by atoms with van der Waals surface area (Å²) in [6.07, 6.45) is 8.85. The number of nitrogens with zero attached hydrogens (tertiary/aromatic N) is 2. The van der Waals surface area contributed by atoms with E-state index in [9.17, 15) is 0 Å². The first-order chi connectivity index (χ1) is 7.22. The van der Waals surface area contributed by atoms with Crippen LogP contribution in [0.25, 0.3) is 0 Å². The van der Waals surface area contributed by atoms with Gasteiger partial charge in [-0.15, -0.1) is 0 Å². The van der Waals surface area contributed by atoms with Crippen molar-refractivity contribution in [2.45, 2.75) is 37.5 Å². The Hall–Kier alpha value is -1.03. The van der Waals surface area contributed by atoms with E-state index >= 15 is 0 Å². The molecule has 0 amide bonds. The van der Waals surface area contributed by atoms with Gasteiger partial charge in [-0.2, -0.15) is 0 Å². The third kappa shape index (κ3) is 1.44. The summed E-state index contributed by atoms with van der Waals surface area (Å²) >= 11 is 0. The smallest absolute Gasteiger partial charge is 0.189 e. The van der Waals surface area contributed by atoms with E-state index < -0.39 is 0 Å². The predicted molar refractivity (Wildman–Crippen MR) is 60.1 cm³/mol.